The van der Waals surface area contributed by atoms with Crippen LogP contribution >= 0.6 is 23.5 Å². The Balaban J connectivity index is 2.17. The monoisotopic (exact) mass is 297 g/mol. The molecule has 4 heteroatoms. The van der Waals surface area contributed by atoms with Crippen molar-refractivity contribution in [2.45, 2.75) is 49.9 Å². The maximum Gasteiger partial charge on any atom is 0.0564 e. The van der Waals surface area contributed by atoms with Gasteiger partial charge in [-0.15, -0.1) is 0 Å². The van der Waals surface area contributed by atoms with Gasteiger partial charge in [-0.2, -0.15) is 0 Å². The number of nitrogens with zero attached hydrogens (tertiary/aromatic N) is 1. The van der Waals surface area contributed by atoms with Gasteiger partial charge in [0.25, 0.3) is 0 Å². The van der Waals surface area contributed by atoms with Crippen molar-refractivity contribution >= 4 is 29.8 Å². The van der Waals surface area contributed by atoms with Crippen LogP contribution in [-0.2, 0) is 5.41 Å². The number of aliphatic hydroxyl groups is 1. The third-order valence-corrected chi connectivity index (χ3v) is 4.26. The molecular weight excluding hydrogens is 278 g/mol. The summed E-state index contributed by atoms with van der Waals surface area (Å²) in [5.41, 5.74) is 1.06. The number of benzene rings is 1. The minimum absolute atomic E-state index is 0.111. The lowest BCUT2D eigenvalue weighted by Crippen LogP contribution is -2.45. The number of aliphatic hydroxyl groups excluding tert-OH is 1. The van der Waals surface area contributed by atoms with Gasteiger partial charge in [0.1, 0.15) is 0 Å². The largest absolute Gasteiger partial charge is 0.393 e. The van der Waals surface area contributed by atoms with Crippen molar-refractivity contribution < 1.29 is 5.11 Å². The molecule has 0 amide bonds. The molecule has 1 fully saturated rings. The topological polar surface area (TPSA) is 32.6 Å². The first kappa shape index (κ1) is 14.9. The Morgan fingerprint density at radius 3 is 2.37 bits per heavy atom. The van der Waals surface area contributed by atoms with Gasteiger partial charge in [0.05, 0.1) is 6.10 Å². The number of halogens is 1. The molecule has 104 valence electrons. The first-order chi connectivity index (χ1) is 8.81. The van der Waals surface area contributed by atoms with Crippen molar-refractivity contribution in [1.29, 1.82) is 0 Å². The van der Waals surface area contributed by atoms with Crippen molar-refractivity contribution in [3.8, 4) is 0 Å². The van der Waals surface area contributed by atoms with Crippen LogP contribution in [0.25, 0.3) is 0 Å². The molecule has 1 aliphatic carbocycles. The van der Waals surface area contributed by atoms with E-state index in [9.17, 15) is 5.11 Å². The van der Waals surface area contributed by atoms with Crippen LogP contribution in [0, 0.1) is 0 Å². The second-order valence-electron chi connectivity index (χ2n) is 6.16. The van der Waals surface area contributed by atoms with Gasteiger partial charge in [0.2, 0.25) is 0 Å². The minimum Gasteiger partial charge on any atom is -0.393 e. The number of hydrogen-bond donors (Lipinski definition) is 1. The summed E-state index contributed by atoms with van der Waals surface area (Å²) in [5.74, 6) is 0. The van der Waals surface area contributed by atoms with Crippen LogP contribution in [0.2, 0.25) is 5.02 Å². The molecule has 0 saturated heterocycles. The molecule has 0 radical (unpaired) electrons. The Labute approximate surface area is 124 Å². The molecule has 19 heavy (non-hydrogen) atoms. The van der Waals surface area contributed by atoms with E-state index in [1.165, 1.54) is 5.56 Å². The normalized spacial score (nSPS) is 27.5. The van der Waals surface area contributed by atoms with E-state index in [1.807, 2.05) is 30.5 Å². The average molecular weight is 298 g/mol. The summed E-state index contributed by atoms with van der Waals surface area (Å²) >= 11 is 7.50. The molecule has 1 aromatic carbocycles. The molecule has 1 saturated carbocycles. The summed E-state index contributed by atoms with van der Waals surface area (Å²) in [4.78, 5) is 0. The zero-order chi connectivity index (χ0) is 14.1. The summed E-state index contributed by atoms with van der Waals surface area (Å²) in [5, 5.41) is 10.4. The molecule has 0 atom stereocenters. The van der Waals surface area contributed by atoms with E-state index in [0.29, 0.717) is 0 Å². The predicted molar refractivity (Wildman–Crippen MR) is 84.2 cm³/mol. The lowest BCUT2D eigenvalue weighted by atomic mass is 9.63. The maximum absolute atomic E-state index is 9.66. The lowest BCUT2D eigenvalue weighted by molar-refractivity contribution is 0.0523. The summed E-state index contributed by atoms with van der Waals surface area (Å²) in [6.07, 6.45) is 3.26. The van der Waals surface area contributed by atoms with E-state index in [-0.39, 0.29) is 16.3 Å². The molecule has 0 unspecified atom stereocenters. The quantitative estimate of drug-likeness (QED) is 0.668. The lowest BCUT2D eigenvalue weighted by Gasteiger charge is -2.43. The molecule has 0 bridgehead atoms. The standard InChI is InChI=1S/C15H20ClNOS/c1-14(2,3)19-17-10-15(8-13(18)9-15)11-4-6-12(16)7-5-11/h4-7,10,13,18H,8-9H2,1-3H3/b17-10+. The van der Waals surface area contributed by atoms with Gasteiger partial charge in [-0.25, -0.2) is 4.40 Å². The van der Waals surface area contributed by atoms with Gasteiger partial charge in [-0.3, -0.25) is 0 Å². The van der Waals surface area contributed by atoms with Gasteiger partial charge in [0.15, 0.2) is 0 Å². The summed E-state index contributed by atoms with van der Waals surface area (Å²) in [6.45, 7) is 6.42. The van der Waals surface area contributed by atoms with Crippen LogP contribution in [0.3, 0.4) is 0 Å². The zero-order valence-electron chi connectivity index (χ0n) is 11.6. The molecule has 2 nitrogen and oxygen atoms in total. The zero-order valence-corrected chi connectivity index (χ0v) is 13.1. The van der Waals surface area contributed by atoms with Crippen LogP contribution in [0.1, 0.15) is 39.2 Å². The number of hydrogen-bond acceptors (Lipinski definition) is 3. The van der Waals surface area contributed by atoms with Crippen molar-refractivity contribution in [3.05, 3.63) is 34.9 Å². The average Bonchev–Trinajstić information content (AvgIpc) is 2.25. The van der Waals surface area contributed by atoms with Gasteiger partial charge in [-0.1, -0.05) is 23.7 Å². The van der Waals surface area contributed by atoms with Crippen molar-refractivity contribution in [1.82, 2.24) is 0 Å². The van der Waals surface area contributed by atoms with Crippen LogP contribution in [0.4, 0.5) is 0 Å². The fraction of sp³-hybridized carbons (Fsp3) is 0.533. The second-order valence-corrected chi connectivity index (χ2v) is 8.22. The van der Waals surface area contributed by atoms with E-state index in [0.717, 1.165) is 17.9 Å². The molecule has 1 N–H and O–H groups in total. The first-order valence-corrected chi connectivity index (χ1v) is 7.63. The van der Waals surface area contributed by atoms with Crippen molar-refractivity contribution in [2.75, 3.05) is 0 Å². The van der Waals surface area contributed by atoms with E-state index < -0.39 is 0 Å². The maximum atomic E-state index is 9.66. The Hall–Kier alpha value is -0.510. The van der Waals surface area contributed by atoms with E-state index >= 15 is 0 Å². The fourth-order valence-corrected chi connectivity index (χ4v) is 2.96. The van der Waals surface area contributed by atoms with E-state index in [4.69, 9.17) is 11.6 Å². The van der Waals surface area contributed by atoms with Gasteiger partial charge in [0, 0.05) is 21.4 Å². The Morgan fingerprint density at radius 1 is 1.32 bits per heavy atom. The highest BCUT2D eigenvalue weighted by Crippen LogP contribution is 2.43. The fourth-order valence-electron chi connectivity index (χ4n) is 2.26. The van der Waals surface area contributed by atoms with Gasteiger partial charge in [-0.05, 0) is 63.3 Å². The Morgan fingerprint density at radius 2 is 1.89 bits per heavy atom. The molecule has 0 spiro atoms. The smallest absolute Gasteiger partial charge is 0.0564 e. The first-order valence-electron chi connectivity index (χ1n) is 6.48. The molecule has 0 heterocycles. The van der Waals surface area contributed by atoms with Crippen LogP contribution in [0.5, 0.6) is 0 Å². The minimum atomic E-state index is -0.221. The molecule has 0 aromatic heterocycles. The molecule has 1 aliphatic rings. The molecule has 0 aliphatic heterocycles. The van der Waals surface area contributed by atoms with E-state index in [2.05, 4.69) is 25.2 Å². The highest BCUT2D eigenvalue weighted by Gasteiger charge is 2.43. The van der Waals surface area contributed by atoms with Crippen molar-refractivity contribution in [3.63, 3.8) is 0 Å². The summed E-state index contributed by atoms with van der Waals surface area (Å²) < 4.78 is 4.63. The van der Waals surface area contributed by atoms with E-state index in [1.54, 1.807) is 11.9 Å². The molecule has 2 rings (SSSR count). The highest BCUT2D eigenvalue weighted by atomic mass is 35.5. The summed E-state index contributed by atoms with van der Waals surface area (Å²) in [6, 6.07) is 7.85. The summed E-state index contributed by atoms with van der Waals surface area (Å²) in [7, 11) is 0. The third kappa shape index (κ3) is 3.74. The predicted octanol–water partition coefficient (Wildman–Crippen LogP) is 4.25. The van der Waals surface area contributed by atoms with Crippen molar-refractivity contribution in [2.24, 2.45) is 4.40 Å². The Bertz CT molecular complexity index is 458. The number of rotatable bonds is 3. The second kappa shape index (κ2) is 5.47. The molecule has 1 aromatic rings. The molecular formula is C15H20ClNOS. The van der Waals surface area contributed by atoms with Crippen LogP contribution < -0.4 is 0 Å². The third-order valence-electron chi connectivity index (χ3n) is 3.25. The SMILES string of the molecule is CC(C)(C)S/N=C/C1(c2ccc(Cl)cc2)CC(O)C1. The van der Waals surface area contributed by atoms with Crippen LogP contribution in [-0.4, -0.2) is 22.2 Å². The van der Waals surface area contributed by atoms with Gasteiger partial charge < -0.3 is 5.11 Å². The van der Waals surface area contributed by atoms with Crippen LogP contribution in [0.15, 0.2) is 28.7 Å². The Kier molecular flexibility index (Phi) is 4.29. The highest BCUT2D eigenvalue weighted by molar-refractivity contribution is 7.99. The van der Waals surface area contributed by atoms with Gasteiger partial charge >= 0.3 is 0 Å².